The lowest BCUT2D eigenvalue weighted by Gasteiger charge is -2.14. The number of rotatable bonds is 6. The zero-order valence-electron chi connectivity index (χ0n) is 21.1. The second kappa shape index (κ2) is 15.1. The van der Waals surface area contributed by atoms with Crippen LogP contribution in [-0.4, -0.2) is 22.2 Å². The van der Waals surface area contributed by atoms with E-state index < -0.39 is 80.1 Å². The summed E-state index contributed by atoms with van der Waals surface area (Å²) in [6, 6.07) is 9.03. The number of hydrogen-bond donors (Lipinski definition) is 6. The summed E-state index contributed by atoms with van der Waals surface area (Å²) in [5.74, 6) is -12.0. The summed E-state index contributed by atoms with van der Waals surface area (Å²) < 4.78 is 96.7. The molecule has 0 aliphatic heterocycles. The van der Waals surface area contributed by atoms with Gasteiger partial charge < -0.3 is 10.6 Å². The largest absolute Gasteiger partial charge is 0.350 e. The highest BCUT2D eigenvalue weighted by molar-refractivity contribution is 14.1. The van der Waals surface area contributed by atoms with E-state index in [1.165, 1.54) is 41.3 Å². The van der Waals surface area contributed by atoms with Crippen molar-refractivity contribution in [2.24, 2.45) is 0 Å². The van der Waals surface area contributed by atoms with E-state index in [4.69, 9.17) is 22.0 Å². The summed E-state index contributed by atoms with van der Waals surface area (Å²) >= 11 is 9.19. The maximum atomic E-state index is 14.0. The lowest BCUT2D eigenvalue weighted by molar-refractivity contribution is 0.0702. The highest BCUT2D eigenvalue weighted by atomic mass is 127. The summed E-state index contributed by atoms with van der Waals surface area (Å²) in [7, 11) is 0. The van der Waals surface area contributed by atoms with Crippen LogP contribution in [0.1, 0.15) is 20.7 Å². The molecule has 0 bridgehead atoms. The molecule has 0 aliphatic carbocycles. The van der Waals surface area contributed by atoms with Gasteiger partial charge in [-0.05, 0) is 93.7 Å². The van der Waals surface area contributed by atoms with Crippen LogP contribution in [0, 0.1) is 47.9 Å². The average molecular weight is 869 g/mol. The summed E-state index contributed by atoms with van der Waals surface area (Å²) in [6.07, 6.45) is 0. The predicted molar refractivity (Wildman–Crippen MR) is 161 cm³/mol. The molecule has 4 rings (SSSR count). The molecule has 4 aromatic rings. The number of hydroxylamine groups is 2. The van der Waals surface area contributed by atoms with Gasteiger partial charge in [-0.2, -0.15) is 0 Å². The van der Waals surface area contributed by atoms with Gasteiger partial charge in [0.05, 0.1) is 38.9 Å². The zero-order chi connectivity index (χ0) is 32.9. The SMILES string of the molecule is O=C(NO)c1cc(Cl)c(F)c(F)c1Nc1ccc(I)cc1F.O=C(NO)c1cc(F)c(F)c(F)c1Nc1ccc(I)cc1F. The first kappa shape index (κ1) is 35.1. The Morgan fingerprint density at radius 2 is 1.00 bits per heavy atom. The fourth-order valence-corrected chi connectivity index (χ4v) is 4.46. The second-order valence-corrected chi connectivity index (χ2v) is 11.1. The summed E-state index contributed by atoms with van der Waals surface area (Å²) in [5.41, 5.74) is -0.619. The molecule has 0 atom stereocenters. The topological polar surface area (TPSA) is 123 Å². The predicted octanol–water partition coefficient (Wildman–Crippen LogP) is 7.93. The normalized spacial score (nSPS) is 10.5. The molecule has 0 aromatic heterocycles. The van der Waals surface area contributed by atoms with Gasteiger partial charge in [0.1, 0.15) is 11.6 Å². The van der Waals surface area contributed by atoms with Crippen molar-refractivity contribution in [2.75, 3.05) is 10.6 Å². The molecule has 232 valence electrons. The number of carbonyl (C=O) groups excluding carboxylic acids is 2. The van der Waals surface area contributed by atoms with Crippen LogP contribution in [0.15, 0.2) is 48.5 Å². The van der Waals surface area contributed by atoms with Crippen LogP contribution in [0.4, 0.5) is 53.5 Å². The Hall–Kier alpha value is -3.40. The average Bonchev–Trinajstić information content (AvgIpc) is 2.99. The van der Waals surface area contributed by atoms with Crippen molar-refractivity contribution in [3.05, 3.63) is 113 Å². The molecular formula is C26H14ClF7I2N4O4. The molecule has 0 fully saturated rings. The minimum Gasteiger partial charge on any atom is -0.350 e. The second-order valence-electron chi connectivity index (χ2n) is 8.20. The van der Waals surface area contributed by atoms with Crippen LogP contribution < -0.4 is 21.6 Å². The number of benzene rings is 4. The fourth-order valence-electron chi connectivity index (χ4n) is 3.36. The van der Waals surface area contributed by atoms with Crippen molar-refractivity contribution in [1.82, 2.24) is 11.0 Å². The van der Waals surface area contributed by atoms with Crippen molar-refractivity contribution in [3.63, 3.8) is 0 Å². The van der Waals surface area contributed by atoms with Crippen LogP contribution in [0.3, 0.4) is 0 Å². The number of anilines is 4. The van der Waals surface area contributed by atoms with Crippen LogP contribution in [0.2, 0.25) is 5.02 Å². The Balaban J connectivity index is 0.000000240. The molecule has 0 heterocycles. The maximum absolute atomic E-state index is 14.0. The van der Waals surface area contributed by atoms with E-state index >= 15 is 0 Å². The van der Waals surface area contributed by atoms with Gasteiger partial charge in [0.2, 0.25) is 0 Å². The van der Waals surface area contributed by atoms with Gasteiger partial charge in [-0.1, -0.05) is 11.6 Å². The Bertz CT molecular complexity index is 1640. The van der Waals surface area contributed by atoms with Crippen LogP contribution in [0.25, 0.3) is 0 Å². The lowest BCUT2D eigenvalue weighted by Crippen LogP contribution is -2.21. The molecule has 2 amide bonds. The molecule has 0 spiro atoms. The van der Waals surface area contributed by atoms with Crippen LogP contribution >= 0.6 is 56.8 Å². The van der Waals surface area contributed by atoms with Crippen molar-refractivity contribution in [1.29, 1.82) is 0 Å². The maximum Gasteiger partial charge on any atom is 0.276 e. The van der Waals surface area contributed by atoms with Crippen molar-refractivity contribution < 1.29 is 50.7 Å². The van der Waals surface area contributed by atoms with Crippen molar-refractivity contribution in [3.8, 4) is 0 Å². The molecule has 0 saturated carbocycles. The monoisotopic (exact) mass is 868 g/mol. The molecule has 0 radical (unpaired) electrons. The van der Waals surface area contributed by atoms with Gasteiger partial charge in [0, 0.05) is 7.14 Å². The van der Waals surface area contributed by atoms with Crippen molar-refractivity contribution in [2.45, 2.75) is 0 Å². The molecular weight excluding hydrogens is 855 g/mol. The van der Waals surface area contributed by atoms with Gasteiger partial charge in [0.15, 0.2) is 29.1 Å². The third-order valence-corrected chi connectivity index (χ3v) is 7.02. The summed E-state index contributed by atoms with van der Waals surface area (Å²) in [6.45, 7) is 0. The Kier molecular flexibility index (Phi) is 12.0. The third kappa shape index (κ3) is 8.00. The van der Waals surface area contributed by atoms with E-state index in [1.807, 2.05) is 45.2 Å². The smallest absolute Gasteiger partial charge is 0.276 e. The highest BCUT2D eigenvalue weighted by Gasteiger charge is 2.24. The summed E-state index contributed by atoms with van der Waals surface area (Å²) in [5, 5.41) is 21.1. The number of halogens is 10. The number of amides is 2. The molecule has 8 nitrogen and oxygen atoms in total. The highest BCUT2D eigenvalue weighted by Crippen LogP contribution is 2.33. The molecule has 6 N–H and O–H groups in total. The van der Waals surface area contributed by atoms with Crippen LogP contribution in [-0.2, 0) is 0 Å². The molecule has 4 aromatic carbocycles. The number of nitrogens with one attached hydrogen (secondary N) is 4. The van der Waals surface area contributed by atoms with Crippen LogP contribution in [0.5, 0.6) is 0 Å². The van der Waals surface area contributed by atoms with E-state index in [2.05, 4.69) is 10.6 Å². The lowest BCUT2D eigenvalue weighted by atomic mass is 10.1. The summed E-state index contributed by atoms with van der Waals surface area (Å²) in [4.78, 5) is 23.0. The van der Waals surface area contributed by atoms with E-state index in [9.17, 15) is 40.3 Å². The molecule has 18 heteroatoms. The number of hydrogen-bond acceptors (Lipinski definition) is 6. The van der Waals surface area contributed by atoms with Gasteiger partial charge in [0.25, 0.3) is 11.8 Å². The van der Waals surface area contributed by atoms with E-state index in [0.717, 1.165) is 12.1 Å². The third-order valence-electron chi connectivity index (χ3n) is 5.40. The quantitative estimate of drug-likeness (QED) is 0.0385. The molecule has 44 heavy (non-hydrogen) atoms. The zero-order valence-corrected chi connectivity index (χ0v) is 26.2. The first-order valence-corrected chi connectivity index (χ1v) is 13.9. The Morgan fingerprint density at radius 1 is 0.591 bits per heavy atom. The number of carbonyl (C=O) groups is 2. The van der Waals surface area contributed by atoms with Gasteiger partial charge >= 0.3 is 0 Å². The van der Waals surface area contributed by atoms with E-state index in [-0.39, 0.29) is 11.4 Å². The molecule has 0 unspecified atom stereocenters. The first-order valence-electron chi connectivity index (χ1n) is 11.4. The standard InChI is InChI=1S/C13H7ClF3IN2O2.C13H7F4IN2O2/c14-7-4-6(13(21)20-22)12(11(17)10(7)16)19-9-2-1-5(18)3-8(9)15;14-7-3-5(18)1-2-9(7)19-12-6(13(21)20-22)4-8(15)10(16)11(12)17/h2*1-4,19,22H,(H,20,21). The Morgan fingerprint density at radius 3 is 1.41 bits per heavy atom. The minimum absolute atomic E-state index is 0.173. The molecule has 0 aliphatic rings. The van der Waals surface area contributed by atoms with Gasteiger partial charge in [-0.15, -0.1) is 0 Å². The van der Waals surface area contributed by atoms with Gasteiger partial charge in [-0.25, -0.2) is 41.7 Å². The fraction of sp³-hybridized carbons (Fsp3) is 0. The van der Waals surface area contributed by atoms with E-state index in [0.29, 0.717) is 13.2 Å². The molecule has 0 saturated heterocycles. The van der Waals surface area contributed by atoms with Crippen molar-refractivity contribution >= 4 is 91.3 Å². The Labute approximate surface area is 274 Å². The van der Waals surface area contributed by atoms with E-state index in [1.54, 1.807) is 0 Å². The van der Waals surface area contributed by atoms with Gasteiger partial charge in [-0.3, -0.25) is 20.0 Å². The first-order chi connectivity index (χ1) is 20.7. The minimum atomic E-state index is -1.83.